The highest BCUT2D eigenvalue weighted by molar-refractivity contribution is 4.73. The van der Waals surface area contributed by atoms with Crippen LogP contribution in [0.1, 0.15) is 0 Å². The second kappa shape index (κ2) is 1.21. The highest BCUT2D eigenvalue weighted by atomic mass is 16.3. The first kappa shape index (κ1) is 4.09. The molecule has 0 spiro atoms. The van der Waals surface area contributed by atoms with Gasteiger partial charge in [-0.1, -0.05) is 0 Å². The zero-order chi connectivity index (χ0) is 4.57. The molecule has 1 heterocycles. The van der Waals surface area contributed by atoms with Gasteiger partial charge in [-0.05, 0) is 7.05 Å². The first-order valence-electron chi connectivity index (χ1n) is 2.13. The fourth-order valence-electron chi connectivity index (χ4n) is 0.642. The van der Waals surface area contributed by atoms with Crippen molar-refractivity contribution >= 4 is 0 Å². The van der Waals surface area contributed by atoms with E-state index in [1.165, 1.54) is 0 Å². The lowest BCUT2D eigenvalue weighted by Gasteiger charge is -2.29. The standard InChI is InChI=1S/C4H8NO/c1-5-2-4(6)3-5/h4H,2-3H2,1H3. The van der Waals surface area contributed by atoms with E-state index in [1.54, 1.807) is 0 Å². The minimum absolute atomic E-state index is 0.282. The summed E-state index contributed by atoms with van der Waals surface area (Å²) in [6, 6.07) is 0. The third-order valence-corrected chi connectivity index (χ3v) is 1.03. The van der Waals surface area contributed by atoms with Gasteiger partial charge in [0.15, 0.2) is 0 Å². The minimum atomic E-state index is -0.282. The second-order valence-electron chi connectivity index (χ2n) is 1.84. The molecular weight excluding hydrogens is 78.0 g/mol. The maximum Gasteiger partial charge on any atom is 0.118 e. The lowest BCUT2D eigenvalue weighted by molar-refractivity contribution is -0.0302. The monoisotopic (exact) mass is 86.1 g/mol. The van der Waals surface area contributed by atoms with Crippen molar-refractivity contribution in [1.82, 2.24) is 4.90 Å². The van der Waals surface area contributed by atoms with Gasteiger partial charge in [0, 0.05) is 13.1 Å². The van der Waals surface area contributed by atoms with Crippen LogP contribution < -0.4 is 0 Å². The Hall–Kier alpha value is -0.0800. The molecule has 35 valence electrons. The molecule has 2 nitrogen and oxygen atoms in total. The predicted octanol–water partition coefficient (Wildman–Crippen LogP) is -0.269. The molecule has 1 rings (SSSR count). The maximum atomic E-state index is 10.2. The third-order valence-electron chi connectivity index (χ3n) is 1.03. The summed E-state index contributed by atoms with van der Waals surface area (Å²) < 4.78 is 0. The van der Waals surface area contributed by atoms with E-state index in [9.17, 15) is 5.11 Å². The number of hydrogen-bond donors (Lipinski definition) is 0. The van der Waals surface area contributed by atoms with Crippen LogP contribution in [0, 0.1) is 0 Å². The number of rotatable bonds is 0. The average molecular weight is 86.1 g/mol. The van der Waals surface area contributed by atoms with Crippen molar-refractivity contribution in [3.05, 3.63) is 0 Å². The van der Waals surface area contributed by atoms with E-state index in [2.05, 4.69) is 0 Å². The van der Waals surface area contributed by atoms with E-state index in [-0.39, 0.29) is 6.10 Å². The lowest BCUT2D eigenvalue weighted by Crippen LogP contribution is -2.46. The van der Waals surface area contributed by atoms with Crippen molar-refractivity contribution in [1.29, 1.82) is 0 Å². The van der Waals surface area contributed by atoms with Crippen molar-refractivity contribution < 1.29 is 5.11 Å². The molecule has 1 aliphatic rings. The molecule has 1 aliphatic heterocycles. The smallest absolute Gasteiger partial charge is 0.118 e. The Morgan fingerprint density at radius 1 is 1.67 bits per heavy atom. The molecule has 0 bridgehead atoms. The Morgan fingerprint density at radius 2 is 2.17 bits per heavy atom. The molecule has 6 heavy (non-hydrogen) atoms. The van der Waals surface area contributed by atoms with Gasteiger partial charge in [0.05, 0.1) is 0 Å². The first-order valence-corrected chi connectivity index (χ1v) is 2.13. The number of hydrogen-bond acceptors (Lipinski definition) is 1. The molecule has 0 saturated carbocycles. The van der Waals surface area contributed by atoms with Crippen molar-refractivity contribution in [2.45, 2.75) is 6.10 Å². The molecule has 0 unspecified atom stereocenters. The Morgan fingerprint density at radius 3 is 2.17 bits per heavy atom. The summed E-state index contributed by atoms with van der Waals surface area (Å²) in [5.74, 6) is 0. The van der Waals surface area contributed by atoms with Gasteiger partial charge < -0.3 is 4.90 Å². The van der Waals surface area contributed by atoms with Gasteiger partial charge in [0.2, 0.25) is 0 Å². The average Bonchev–Trinajstić information content (AvgIpc) is 1.33. The van der Waals surface area contributed by atoms with Crippen LogP contribution in [0.25, 0.3) is 0 Å². The van der Waals surface area contributed by atoms with E-state index in [4.69, 9.17) is 0 Å². The van der Waals surface area contributed by atoms with Gasteiger partial charge in [-0.15, -0.1) is 0 Å². The molecule has 0 aliphatic carbocycles. The fraction of sp³-hybridized carbons (Fsp3) is 1.00. The van der Waals surface area contributed by atoms with Gasteiger partial charge in [0.1, 0.15) is 6.10 Å². The molecule has 2 heteroatoms. The molecule has 0 amide bonds. The highest BCUT2D eigenvalue weighted by Gasteiger charge is 2.20. The summed E-state index contributed by atoms with van der Waals surface area (Å²) in [5.41, 5.74) is 0. The fourth-order valence-corrected chi connectivity index (χ4v) is 0.642. The van der Waals surface area contributed by atoms with E-state index >= 15 is 0 Å². The van der Waals surface area contributed by atoms with Crippen LogP contribution in [0.5, 0.6) is 0 Å². The number of likely N-dealkylation sites (N-methyl/N-ethyl adjacent to an activating group) is 1. The van der Waals surface area contributed by atoms with Crippen LogP contribution in [0.15, 0.2) is 0 Å². The molecule has 1 fully saturated rings. The summed E-state index contributed by atoms with van der Waals surface area (Å²) in [6.07, 6.45) is -0.282. The predicted molar refractivity (Wildman–Crippen MR) is 22.0 cm³/mol. The molecule has 1 radical (unpaired) electrons. The molecule has 0 atom stereocenters. The van der Waals surface area contributed by atoms with Crippen molar-refractivity contribution in [3.8, 4) is 0 Å². The van der Waals surface area contributed by atoms with Crippen LogP contribution in [0.4, 0.5) is 0 Å². The normalized spacial score (nSPS) is 27.0. The molecule has 0 aromatic heterocycles. The Bertz CT molecular complexity index is 43.5. The topological polar surface area (TPSA) is 23.1 Å². The van der Waals surface area contributed by atoms with E-state index < -0.39 is 0 Å². The quantitative estimate of drug-likeness (QED) is 0.398. The molecular formula is C4H8NO. The summed E-state index contributed by atoms with van der Waals surface area (Å²) >= 11 is 0. The summed E-state index contributed by atoms with van der Waals surface area (Å²) in [5, 5.41) is 10.2. The van der Waals surface area contributed by atoms with E-state index in [1.807, 2.05) is 11.9 Å². The zero-order valence-corrected chi connectivity index (χ0v) is 3.85. The van der Waals surface area contributed by atoms with E-state index in [0.717, 1.165) is 13.1 Å². The van der Waals surface area contributed by atoms with Gasteiger partial charge in [-0.2, -0.15) is 0 Å². The van der Waals surface area contributed by atoms with Crippen molar-refractivity contribution in [2.24, 2.45) is 0 Å². The summed E-state index contributed by atoms with van der Waals surface area (Å²) in [6.45, 7) is 1.50. The van der Waals surface area contributed by atoms with Crippen LogP contribution in [-0.2, 0) is 5.11 Å². The van der Waals surface area contributed by atoms with Gasteiger partial charge >= 0.3 is 0 Å². The molecule has 1 saturated heterocycles. The molecule has 0 aromatic carbocycles. The molecule has 0 aromatic rings. The van der Waals surface area contributed by atoms with Gasteiger partial charge in [-0.3, -0.25) is 0 Å². The summed E-state index contributed by atoms with van der Waals surface area (Å²) in [4.78, 5) is 2.01. The Kier molecular flexibility index (Phi) is 0.821. The lowest BCUT2D eigenvalue weighted by atomic mass is 10.2. The zero-order valence-electron chi connectivity index (χ0n) is 3.85. The molecule has 0 N–H and O–H groups in total. The van der Waals surface area contributed by atoms with Crippen LogP contribution in [-0.4, -0.2) is 31.1 Å². The van der Waals surface area contributed by atoms with Crippen molar-refractivity contribution in [3.63, 3.8) is 0 Å². The number of nitrogens with zero attached hydrogens (tertiary/aromatic N) is 1. The van der Waals surface area contributed by atoms with Crippen molar-refractivity contribution in [2.75, 3.05) is 20.1 Å². The van der Waals surface area contributed by atoms with Gasteiger partial charge in [0.25, 0.3) is 0 Å². The minimum Gasteiger partial charge on any atom is -0.301 e. The Labute approximate surface area is 37.4 Å². The van der Waals surface area contributed by atoms with Crippen LogP contribution in [0.3, 0.4) is 0 Å². The third kappa shape index (κ3) is 0.533. The maximum absolute atomic E-state index is 10.2. The van der Waals surface area contributed by atoms with Crippen LogP contribution in [0.2, 0.25) is 0 Å². The van der Waals surface area contributed by atoms with Gasteiger partial charge in [-0.25, -0.2) is 5.11 Å². The largest absolute Gasteiger partial charge is 0.301 e. The SMILES string of the molecule is CN1CC([O])C1. The Balaban J connectivity index is 2.11. The highest BCUT2D eigenvalue weighted by Crippen LogP contribution is 2.01. The van der Waals surface area contributed by atoms with E-state index in [0.29, 0.717) is 0 Å². The number of likely N-dealkylation sites (tertiary alicyclic amines) is 1. The van der Waals surface area contributed by atoms with Crippen LogP contribution >= 0.6 is 0 Å². The summed E-state index contributed by atoms with van der Waals surface area (Å²) in [7, 11) is 1.95. The first-order chi connectivity index (χ1) is 2.79. The second-order valence-corrected chi connectivity index (χ2v) is 1.84.